The third-order valence-electron chi connectivity index (χ3n) is 6.61. The highest BCUT2D eigenvalue weighted by atomic mass is 32.1. The number of amides is 1. The zero-order valence-electron chi connectivity index (χ0n) is 18.3. The Hall–Kier alpha value is -2.04. The van der Waals surface area contributed by atoms with Gasteiger partial charge in [0.15, 0.2) is 0 Å². The lowest BCUT2D eigenvalue weighted by atomic mass is 9.90. The van der Waals surface area contributed by atoms with Crippen LogP contribution in [0.15, 0.2) is 29.8 Å². The standard InChI is InChI=1S/C23H27F4N3O2S/c1-22(21(31)29-13-15-10-17(23(25,26)27)12-18(24)11-15)5-2-19(14-32-22)30-7-3-16(4-8-30)20-28-6-9-33-20/h6,9-12,16,19H,2-5,7-8,13-14H2,1H3,(H,29,31)/t19-,22-/m1/s1. The minimum absolute atomic E-state index is 0.0519. The number of carbonyl (C=O) groups is 1. The Kier molecular flexibility index (Phi) is 7.07. The second-order valence-electron chi connectivity index (χ2n) is 8.94. The third kappa shape index (κ3) is 5.73. The van der Waals surface area contributed by atoms with Crippen molar-refractivity contribution in [2.45, 2.75) is 62.9 Å². The van der Waals surface area contributed by atoms with Crippen molar-refractivity contribution in [1.82, 2.24) is 15.2 Å². The van der Waals surface area contributed by atoms with Crippen LogP contribution in [0.1, 0.15) is 54.7 Å². The fourth-order valence-corrected chi connectivity index (χ4v) is 5.39. The molecule has 0 spiro atoms. The van der Waals surface area contributed by atoms with E-state index in [1.54, 1.807) is 18.3 Å². The monoisotopic (exact) mass is 485 g/mol. The maximum absolute atomic E-state index is 13.6. The quantitative estimate of drug-likeness (QED) is 0.622. The Bertz CT molecular complexity index is 951. The maximum Gasteiger partial charge on any atom is 0.416 e. The Morgan fingerprint density at radius 3 is 2.64 bits per heavy atom. The number of nitrogens with zero attached hydrogens (tertiary/aromatic N) is 2. The summed E-state index contributed by atoms with van der Waals surface area (Å²) in [7, 11) is 0. The molecule has 2 saturated heterocycles. The summed E-state index contributed by atoms with van der Waals surface area (Å²) >= 11 is 1.70. The molecule has 4 rings (SSSR count). The highest BCUT2D eigenvalue weighted by Gasteiger charge is 2.41. The minimum atomic E-state index is -4.65. The molecule has 2 aliphatic rings. The number of hydrogen-bond donors (Lipinski definition) is 1. The van der Waals surface area contributed by atoms with Crippen LogP contribution < -0.4 is 5.32 Å². The van der Waals surface area contributed by atoms with Crippen LogP contribution in [0.25, 0.3) is 0 Å². The van der Waals surface area contributed by atoms with Gasteiger partial charge in [0, 0.05) is 30.1 Å². The van der Waals surface area contributed by atoms with E-state index in [-0.39, 0.29) is 18.2 Å². The van der Waals surface area contributed by atoms with Crippen molar-refractivity contribution >= 4 is 17.2 Å². The first-order chi connectivity index (χ1) is 15.6. The number of hydrogen-bond acceptors (Lipinski definition) is 5. The topological polar surface area (TPSA) is 54.5 Å². The van der Waals surface area contributed by atoms with Crippen LogP contribution in [0.2, 0.25) is 0 Å². The number of carbonyl (C=O) groups excluding carboxylic acids is 1. The van der Waals surface area contributed by atoms with Gasteiger partial charge >= 0.3 is 6.18 Å². The van der Waals surface area contributed by atoms with Gasteiger partial charge in [0.1, 0.15) is 11.4 Å². The van der Waals surface area contributed by atoms with Gasteiger partial charge in [0.25, 0.3) is 5.91 Å². The van der Waals surface area contributed by atoms with Crippen LogP contribution in [0.4, 0.5) is 17.6 Å². The zero-order valence-corrected chi connectivity index (χ0v) is 19.1. The van der Waals surface area contributed by atoms with Crippen molar-refractivity contribution in [3.05, 3.63) is 51.7 Å². The molecule has 33 heavy (non-hydrogen) atoms. The molecule has 180 valence electrons. The number of halogens is 4. The van der Waals surface area contributed by atoms with Crippen LogP contribution in [0.5, 0.6) is 0 Å². The van der Waals surface area contributed by atoms with Crippen LogP contribution in [-0.2, 0) is 22.3 Å². The molecule has 2 atom stereocenters. The van der Waals surface area contributed by atoms with Crippen molar-refractivity contribution in [3.63, 3.8) is 0 Å². The lowest BCUT2D eigenvalue weighted by molar-refractivity contribution is -0.157. The third-order valence-corrected chi connectivity index (χ3v) is 7.55. The SMILES string of the molecule is C[C@]1(C(=O)NCc2cc(F)cc(C(F)(F)F)c2)CC[C@@H](N2CCC(c3nccs3)CC2)CO1. The summed E-state index contributed by atoms with van der Waals surface area (Å²) in [5.41, 5.74) is -2.08. The van der Waals surface area contributed by atoms with E-state index in [4.69, 9.17) is 4.74 Å². The van der Waals surface area contributed by atoms with E-state index in [1.807, 2.05) is 11.6 Å². The number of likely N-dealkylation sites (tertiary alicyclic amines) is 1. The molecule has 1 aromatic carbocycles. The van der Waals surface area contributed by atoms with Crippen molar-refractivity contribution in [2.75, 3.05) is 19.7 Å². The van der Waals surface area contributed by atoms with Gasteiger partial charge in [0.05, 0.1) is 17.2 Å². The zero-order chi connectivity index (χ0) is 23.6. The molecule has 0 unspecified atom stereocenters. The van der Waals surface area contributed by atoms with Crippen molar-refractivity contribution in [1.29, 1.82) is 0 Å². The second kappa shape index (κ2) is 9.68. The van der Waals surface area contributed by atoms with Crippen LogP contribution in [0, 0.1) is 5.82 Å². The Balaban J connectivity index is 1.27. The van der Waals surface area contributed by atoms with Crippen LogP contribution in [-0.4, -0.2) is 47.1 Å². The first-order valence-corrected chi connectivity index (χ1v) is 11.9. The van der Waals surface area contributed by atoms with Gasteiger partial charge in [0.2, 0.25) is 0 Å². The second-order valence-corrected chi connectivity index (χ2v) is 9.87. The summed E-state index contributed by atoms with van der Waals surface area (Å²) in [6.45, 7) is 3.83. The van der Waals surface area contributed by atoms with Crippen LogP contribution in [0.3, 0.4) is 0 Å². The first-order valence-electron chi connectivity index (χ1n) is 11.1. The lowest BCUT2D eigenvalue weighted by Gasteiger charge is -2.43. The molecule has 3 heterocycles. The van der Waals surface area contributed by atoms with E-state index >= 15 is 0 Å². The van der Waals surface area contributed by atoms with Gasteiger partial charge in [-0.25, -0.2) is 9.37 Å². The summed E-state index contributed by atoms with van der Waals surface area (Å²) in [5, 5.41) is 5.81. The average molecular weight is 486 g/mol. The Labute approximate surface area is 194 Å². The molecular weight excluding hydrogens is 458 g/mol. The number of aromatic nitrogens is 1. The highest BCUT2D eigenvalue weighted by molar-refractivity contribution is 7.09. The number of piperidine rings is 1. The number of rotatable bonds is 5. The van der Waals surface area contributed by atoms with E-state index in [0.717, 1.165) is 44.5 Å². The average Bonchev–Trinajstić information content (AvgIpc) is 3.32. The molecule has 1 N–H and O–H groups in total. The summed E-state index contributed by atoms with van der Waals surface area (Å²) in [5.74, 6) is -0.889. The molecule has 5 nitrogen and oxygen atoms in total. The Morgan fingerprint density at radius 2 is 2.03 bits per heavy atom. The molecule has 0 radical (unpaired) electrons. The van der Waals surface area contributed by atoms with E-state index in [1.165, 1.54) is 5.01 Å². The number of ether oxygens (including phenoxy) is 1. The molecule has 1 aromatic heterocycles. The fourth-order valence-electron chi connectivity index (χ4n) is 4.58. The van der Waals surface area contributed by atoms with Crippen molar-refractivity contribution in [2.24, 2.45) is 0 Å². The number of nitrogens with one attached hydrogen (secondary N) is 1. The van der Waals surface area contributed by atoms with Gasteiger partial charge in [-0.1, -0.05) is 0 Å². The van der Waals surface area contributed by atoms with Crippen molar-refractivity contribution < 1.29 is 27.1 Å². The largest absolute Gasteiger partial charge is 0.416 e. The van der Waals surface area contributed by atoms with E-state index in [0.29, 0.717) is 25.0 Å². The molecule has 2 fully saturated rings. The minimum Gasteiger partial charge on any atom is -0.364 e. The fraction of sp³-hybridized carbons (Fsp3) is 0.565. The summed E-state index contributed by atoms with van der Waals surface area (Å²) in [4.78, 5) is 19.6. The molecule has 10 heteroatoms. The van der Waals surface area contributed by atoms with Gasteiger partial charge in [-0.3, -0.25) is 9.69 Å². The molecule has 0 bridgehead atoms. The summed E-state index contributed by atoms with van der Waals surface area (Å²) < 4.78 is 58.3. The molecule has 1 amide bonds. The Morgan fingerprint density at radius 1 is 1.27 bits per heavy atom. The normalized spacial score (nSPS) is 25.2. The van der Waals surface area contributed by atoms with E-state index in [2.05, 4.69) is 15.2 Å². The maximum atomic E-state index is 13.6. The summed E-state index contributed by atoms with van der Waals surface area (Å²) in [6, 6.07) is 2.52. The van der Waals surface area contributed by atoms with Crippen molar-refractivity contribution in [3.8, 4) is 0 Å². The molecule has 0 saturated carbocycles. The first kappa shape index (κ1) is 24.1. The molecule has 2 aromatic rings. The predicted octanol–water partition coefficient (Wildman–Crippen LogP) is 4.73. The number of thiazole rings is 1. The van der Waals surface area contributed by atoms with Gasteiger partial charge < -0.3 is 10.1 Å². The smallest absolute Gasteiger partial charge is 0.364 e. The van der Waals surface area contributed by atoms with Gasteiger partial charge in [-0.2, -0.15) is 13.2 Å². The number of benzene rings is 1. The highest BCUT2D eigenvalue weighted by Crippen LogP contribution is 2.34. The molecule has 0 aliphatic carbocycles. The van der Waals surface area contributed by atoms with Gasteiger partial charge in [-0.15, -0.1) is 11.3 Å². The van der Waals surface area contributed by atoms with E-state index < -0.39 is 29.1 Å². The van der Waals surface area contributed by atoms with Gasteiger partial charge in [-0.05, 0) is 69.5 Å². The summed E-state index contributed by atoms with van der Waals surface area (Å²) in [6.07, 6.45) is 0.599. The molecular formula is C23H27F4N3O2S. The van der Waals surface area contributed by atoms with Crippen LogP contribution >= 0.6 is 11.3 Å². The lowest BCUT2D eigenvalue weighted by Crippen LogP contribution is -2.54. The predicted molar refractivity (Wildman–Crippen MR) is 116 cm³/mol. The van der Waals surface area contributed by atoms with E-state index in [9.17, 15) is 22.4 Å². The molecule has 2 aliphatic heterocycles. The number of alkyl halides is 3.